The van der Waals surface area contributed by atoms with Gasteiger partial charge in [-0.25, -0.2) is 8.42 Å². The highest BCUT2D eigenvalue weighted by atomic mass is 35.5. The largest absolute Gasteiger partial charge is 0.339 e. The van der Waals surface area contributed by atoms with Gasteiger partial charge >= 0.3 is 0 Å². The number of halogens is 1. The van der Waals surface area contributed by atoms with Crippen LogP contribution in [0.2, 0.25) is 0 Å². The number of amides is 1. The monoisotopic (exact) mass is 420 g/mol. The average molecular weight is 421 g/mol. The zero-order chi connectivity index (χ0) is 19.0. The summed E-state index contributed by atoms with van der Waals surface area (Å²) in [5, 5.41) is 0. The van der Waals surface area contributed by atoms with E-state index in [2.05, 4.69) is 9.71 Å². The van der Waals surface area contributed by atoms with Gasteiger partial charge in [-0.15, -0.1) is 12.4 Å². The van der Waals surface area contributed by atoms with Crippen LogP contribution in [0.4, 0.5) is 0 Å². The number of benzene rings is 2. The number of likely N-dealkylation sites (tertiary alicyclic amines) is 1. The van der Waals surface area contributed by atoms with E-state index >= 15 is 0 Å². The molecule has 4 rings (SSSR count). The topological polar surface area (TPSA) is 105 Å². The Morgan fingerprint density at radius 2 is 1.79 bits per heavy atom. The Balaban J connectivity index is 0.00000225. The zero-order valence-corrected chi connectivity index (χ0v) is 16.6. The Kier molecular flexibility index (Phi) is 5.74. The van der Waals surface area contributed by atoms with Crippen molar-refractivity contribution in [1.82, 2.24) is 9.62 Å². The molecule has 0 unspecified atom stereocenters. The average Bonchev–Trinajstić information content (AvgIpc) is 3.18. The summed E-state index contributed by atoms with van der Waals surface area (Å²) in [7, 11) is -3.60. The van der Waals surface area contributed by atoms with Gasteiger partial charge < -0.3 is 10.6 Å². The fourth-order valence-corrected chi connectivity index (χ4v) is 4.83. The van der Waals surface area contributed by atoms with Crippen molar-refractivity contribution >= 4 is 34.2 Å². The van der Waals surface area contributed by atoms with E-state index in [1.165, 1.54) is 6.07 Å². The lowest BCUT2D eigenvalue weighted by atomic mass is 9.95. The van der Waals surface area contributed by atoms with Crippen molar-refractivity contribution in [2.45, 2.75) is 16.9 Å². The molecule has 2 aromatic rings. The van der Waals surface area contributed by atoms with E-state index < -0.39 is 10.0 Å². The van der Waals surface area contributed by atoms with Gasteiger partial charge in [0.05, 0.1) is 4.90 Å². The first-order valence-electron chi connectivity index (χ1n) is 8.71. The molecule has 0 spiro atoms. The van der Waals surface area contributed by atoms with E-state index in [4.69, 9.17) is 5.73 Å². The number of carbonyl (C=O) groups excluding carboxylic acids is 1. The summed E-state index contributed by atoms with van der Waals surface area (Å²) in [6.07, 6.45) is 0. The Hall–Kier alpha value is -2.42. The van der Waals surface area contributed by atoms with Gasteiger partial charge in [0.15, 0.2) is 0 Å². The molecule has 1 amide bonds. The summed E-state index contributed by atoms with van der Waals surface area (Å²) in [5.41, 5.74) is 7.84. The summed E-state index contributed by atoms with van der Waals surface area (Å²) in [6, 6.07) is 16.4. The summed E-state index contributed by atoms with van der Waals surface area (Å²) in [4.78, 5) is 18.7. The first kappa shape index (κ1) is 20.3. The molecule has 1 fully saturated rings. The second-order valence-electron chi connectivity index (χ2n) is 6.75. The highest BCUT2D eigenvalue weighted by Gasteiger charge is 2.34. The molecule has 0 radical (unpaired) electrons. The number of amidine groups is 1. The molecule has 1 saturated heterocycles. The molecule has 0 aliphatic carbocycles. The van der Waals surface area contributed by atoms with Gasteiger partial charge in [0.1, 0.15) is 12.4 Å². The van der Waals surface area contributed by atoms with Gasteiger partial charge in [-0.2, -0.15) is 0 Å². The number of aliphatic imine (C=N–C) groups is 1. The zero-order valence-electron chi connectivity index (χ0n) is 15.0. The van der Waals surface area contributed by atoms with Crippen molar-refractivity contribution in [3.05, 3.63) is 65.7 Å². The third kappa shape index (κ3) is 3.76. The maximum Gasteiger partial charge on any atom is 0.263 e. The molecule has 3 N–H and O–H groups in total. The van der Waals surface area contributed by atoms with Crippen LogP contribution in [0.5, 0.6) is 0 Å². The summed E-state index contributed by atoms with van der Waals surface area (Å²) >= 11 is 0. The number of rotatable bonds is 3. The van der Waals surface area contributed by atoms with Gasteiger partial charge in [-0.1, -0.05) is 42.5 Å². The van der Waals surface area contributed by atoms with Gasteiger partial charge in [0.2, 0.25) is 5.91 Å². The lowest BCUT2D eigenvalue weighted by Crippen LogP contribution is -2.34. The lowest BCUT2D eigenvalue weighted by Gasteiger charge is -2.15. The van der Waals surface area contributed by atoms with Crippen molar-refractivity contribution in [1.29, 1.82) is 0 Å². The van der Waals surface area contributed by atoms with Gasteiger partial charge in [0, 0.05) is 30.6 Å². The number of hydrogen-bond acceptors (Lipinski definition) is 5. The fourth-order valence-electron chi connectivity index (χ4n) is 3.58. The second kappa shape index (κ2) is 7.90. The molecule has 0 aromatic heterocycles. The van der Waals surface area contributed by atoms with Crippen molar-refractivity contribution in [2.24, 2.45) is 10.7 Å². The van der Waals surface area contributed by atoms with Crippen LogP contribution in [0, 0.1) is 0 Å². The molecule has 148 valence electrons. The first-order valence-corrected chi connectivity index (χ1v) is 10.2. The lowest BCUT2D eigenvalue weighted by molar-refractivity contribution is -0.128. The van der Waals surface area contributed by atoms with E-state index in [1.54, 1.807) is 23.1 Å². The Morgan fingerprint density at radius 1 is 1.11 bits per heavy atom. The number of nitrogens with one attached hydrogen (secondary N) is 1. The minimum absolute atomic E-state index is 0. The van der Waals surface area contributed by atoms with Crippen LogP contribution in [-0.4, -0.2) is 50.7 Å². The van der Waals surface area contributed by atoms with Crippen LogP contribution in [0.3, 0.4) is 0 Å². The molecule has 2 aromatic carbocycles. The van der Waals surface area contributed by atoms with Gasteiger partial charge in [0.25, 0.3) is 10.0 Å². The SMILES string of the molecule is Cl.N[C@@H]1CN(C(=O)CN=C2NS(=O)(=O)c3ccccc32)C[C@H]1c1ccccc1. The van der Waals surface area contributed by atoms with Crippen LogP contribution in [0.25, 0.3) is 0 Å². The molecule has 2 aliphatic rings. The highest BCUT2D eigenvalue weighted by Crippen LogP contribution is 2.26. The fraction of sp³-hybridized carbons (Fsp3) is 0.263. The van der Waals surface area contributed by atoms with Crippen molar-refractivity contribution in [2.75, 3.05) is 19.6 Å². The van der Waals surface area contributed by atoms with Crippen LogP contribution in [0.1, 0.15) is 17.0 Å². The molecule has 0 bridgehead atoms. The van der Waals surface area contributed by atoms with E-state index in [1.807, 2.05) is 30.3 Å². The first-order chi connectivity index (χ1) is 13.0. The normalized spacial score (nSPS) is 23.8. The minimum Gasteiger partial charge on any atom is -0.339 e. The Bertz CT molecular complexity index is 1010. The summed E-state index contributed by atoms with van der Waals surface area (Å²) in [5.74, 6) is 0.135. The van der Waals surface area contributed by atoms with E-state index in [0.717, 1.165) is 5.56 Å². The predicted molar refractivity (Wildman–Crippen MR) is 109 cm³/mol. The van der Waals surface area contributed by atoms with E-state index in [-0.39, 0.29) is 47.5 Å². The molecule has 2 heterocycles. The maximum absolute atomic E-state index is 12.6. The number of nitrogens with two attached hydrogens (primary N) is 1. The molecule has 28 heavy (non-hydrogen) atoms. The third-order valence-electron chi connectivity index (χ3n) is 4.98. The summed E-state index contributed by atoms with van der Waals surface area (Å²) in [6.45, 7) is 0.878. The van der Waals surface area contributed by atoms with E-state index in [9.17, 15) is 13.2 Å². The van der Waals surface area contributed by atoms with Crippen LogP contribution < -0.4 is 10.5 Å². The van der Waals surface area contributed by atoms with Crippen molar-refractivity contribution in [3.8, 4) is 0 Å². The van der Waals surface area contributed by atoms with Gasteiger partial charge in [-0.3, -0.25) is 14.5 Å². The van der Waals surface area contributed by atoms with Crippen LogP contribution in [-0.2, 0) is 14.8 Å². The molecular formula is C19H21ClN4O3S. The molecular weight excluding hydrogens is 400 g/mol. The number of sulfonamides is 1. The molecule has 9 heteroatoms. The highest BCUT2D eigenvalue weighted by molar-refractivity contribution is 7.90. The quantitative estimate of drug-likeness (QED) is 0.775. The number of fused-ring (bicyclic) bond motifs is 1. The van der Waals surface area contributed by atoms with E-state index in [0.29, 0.717) is 18.7 Å². The van der Waals surface area contributed by atoms with Crippen molar-refractivity contribution in [3.63, 3.8) is 0 Å². The van der Waals surface area contributed by atoms with Crippen molar-refractivity contribution < 1.29 is 13.2 Å². The molecule has 2 aliphatic heterocycles. The smallest absolute Gasteiger partial charge is 0.263 e. The van der Waals surface area contributed by atoms with Crippen LogP contribution in [0.15, 0.2) is 64.5 Å². The Morgan fingerprint density at radius 3 is 2.54 bits per heavy atom. The molecule has 0 saturated carbocycles. The molecule has 2 atom stereocenters. The minimum atomic E-state index is -3.60. The molecule has 7 nitrogen and oxygen atoms in total. The standard InChI is InChI=1S/C19H20N4O3S.ClH/c20-16-12-23(11-15(16)13-6-2-1-3-7-13)18(24)10-21-19-14-8-4-5-9-17(14)27(25,26)22-19;/h1-9,15-16H,10-12,20H2,(H,21,22);1H/t15-,16+;/m0./s1. The number of carbonyl (C=O) groups is 1. The maximum atomic E-state index is 12.6. The third-order valence-corrected chi connectivity index (χ3v) is 6.38. The van der Waals surface area contributed by atoms with Gasteiger partial charge in [-0.05, 0) is 17.7 Å². The second-order valence-corrected chi connectivity index (χ2v) is 8.40. The predicted octanol–water partition coefficient (Wildman–Crippen LogP) is 1.10. The number of hydrogen-bond donors (Lipinski definition) is 2. The summed E-state index contributed by atoms with van der Waals surface area (Å²) < 4.78 is 26.6. The Labute approximate surface area is 170 Å². The van der Waals surface area contributed by atoms with Crippen LogP contribution >= 0.6 is 12.4 Å². The number of nitrogens with zero attached hydrogens (tertiary/aromatic N) is 2.